The van der Waals surface area contributed by atoms with Gasteiger partial charge in [-0.15, -0.1) is 0 Å². The summed E-state index contributed by atoms with van der Waals surface area (Å²) in [4.78, 5) is 37.5. The lowest BCUT2D eigenvalue weighted by Crippen LogP contribution is -2.35. The van der Waals surface area contributed by atoms with E-state index in [9.17, 15) is 18.8 Å². The molecular formula is C22H19FN2O4. The maximum absolute atomic E-state index is 13.0. The van der Waals surface area contributed by atoms with E-state index in [1.165, 1.54) is 24.3 Å². The highest BCUT2D eigenvalue weighted by atomic mass is 19.1. The molecule has 5 rings (SSSR count). The first-order valence-electron chi connectivity index (χ1n) is 9.68. The van der Waals surface area contributed by atoms with Crippen LogP contribution >= 0.6 is 0 Å². The average Bonchev–Trinajstić information content (AvgIpc) is 3.32. The zero-order valence-electron chi connectivity index (χ0n) is 15.4. The summed E-state index contributed by atoms with van der Waals surface area (Å²) >= 11 is 0. The molecule has 3 aliphatic rings. The molecule has 1 saturated heterocycles. The molecule has 2 N–H and O–H groups in total. The highest BCUT2D eigenvalue weighted by Crippen LogP contribution is 2.57. The number of esters is 1. The van der Waals surface area contributed by atoms with Crippen LogP contribution in [0.2, 0.25) is 0 Å². The van der Waals surface area contributed by atoms with Crippen LogP contribution in [-0.2, 0) is 14.3 Å². The molecule has 2 aromatic carbocycles. The van der Waals surface area contributed by atoms with Gasteiger partial charge in [-0.1, -0.05) is 6.07 Å². The van der Waals surface area contributed by atoms with Crippen LogP contribution in [0.25, 0.3) is 0 Å². The van der Waals surface area contributed by atoms with Gasteiger partial charge in [0.2, 0.25) is 5.91 Å². The van der Waals surface area contributed by atoms with Crippen molar-refractivity contribution in [3.63, 3.8) is 0 Å². The van der Waals surface area contributed by atoms with Crippen LogP contribution < -0.4 is 10.6 Å². The Hall–Kier alpha value is -3.22. The average molecular weight is 394 g/mol. The van der Waals surface area contributed by atoms with E-state index in [-0.39, 0.29) is 53.4 Å². The molecule has 1 heterocycles. The van der Waals surface area contributed by atoms with Gasteiger partial charge in [0.05, 0.1) is 11.8 Å². The number of amides is 2. The highest BCUT2D eigenvalue weighted by molar-refractivity contribution is 6.05. The summed E-state index contributed by atoms with van der Waals surface area (Å²) in [5, 5.41) is 5.55. The number of hydrogen-bond donors (Lipinski definition) is 2. The first kappa shape index (κ1) is 17.8. The minimum atomic E-state index is -0.384. The van der Waals surface area contributed by atoms with Crippen LogP contribution in [0.15, 0.2) is 48.5 Å². The third-order valence-corrected chi connectivity index (χ3v) is 6.28. The number of carbonyl (C=O) groups is 3. The summed E-state index contributed by atoms with van der Waals surface area (Å²) in [5.74, 6) is -1.58. The molecule has 5 atom stereocenters. The van der Waals surface area contributed by atoms with Crippen molar-refractivity contribution in [2.75, 3.05) is 10.6 Å². The Kier molecular flexibility index (Phi) is 4.12. The molecule has 0 aromatic heterocycles. The van der Waals surface area contributed by atoms with Gasteiger partial charge in [-0.05, 0) is 61.2 Å². The zero-order valence-corrected chi connectivity index (χ0v) is 15.4. The van der Waals surface area contributed by atoms with Crippen LogP contribution in [0.5, 0.6) is 0 Å². The number of ether oxygens (including phenoxy) is 1. The second-order valence-corrected chi connectivity index (χ2v) is 7.95. The lowest BCUT2D eigenvalue weighted by molar-refractivity contribution is -0.145. The quantitative estimate of drug-likeness (QED) is 0.780. The van der Waals surface area contributed by atoms with Gasteiger partial charge in [-0.25, -0.2) is 4.39 Å². The van der Waals surface area contributed by atoms with Gasteiger partial charge in [0.25, 0.3) is 5.91 Å². The summed E-state index contributed by atoms with van der Waals surface area (Å²) in [6.07, 6.45) is 1.60. The lowest BCUT2D eigenvalue weighted by atomic mass is 9.79. The number of hydrogen-bond acceptors (Lipinski definition) is 4. The molecule has 1 aliphatic heterocycles. The van der Waals surface area contributed by atoms with E-state index in [0.29, 0.717) is 16.9 Å². The third-order valence-electron chi connectivity index (χ3n) is 6.28. The number of benzene rings is 2. The van der Waals surface area contributed by atoms with E-state index < -0.39 is 0 Å². The third kappa shape index (κ3) is 3.06. The number of halogens is 1. The Morgan fingerprint density at radius 2 is 1.79 bits per heavy atom. The predicted octanol–water partition coefficient (Wildman–Crippen LogP) is 3.21. The molecule has 7 heteroatoms. The van der Waals surface area contributed by atoms with E-state index in [0.717, 1.165) is 12.8 Å². The zero-order chi connectivity index (χ0) is 20.1. The van der Waals surface area contributed by atoms with Crippen LogP contribution in [0.3, 0.4) is 0 Å². The Balaban J connectivity index is 1.29. The Labute approximate surface area is 166 Å². The van der Waals surface area contributed by atoms with Gasteiger partial charge >= 0.3 is 5.97 Å². The van der Waals surface area contributed by atoms with Crippen molar-refractivity contribution in [1.29, 1.82) is 0 Å². The molecule has 3 fully saturated rings. The summed E-state index contributed by atoms with van der Waals surface area (Å²) in [6.45, 7) is 0. The number of fused-ring (bicyclic) bond motifs is 1. The predicted molar refractivity (Wildman–Crippen MR) is 102 cm³/mol. The van der Waals surface area contributed by atoms with Gasteiger partial charge in [0.15, 0.2) is 0 Å². The fourth-order valence-corrected chi connectivity index (χ4v) is 5.06. The SMILES string of the molecule is O=C(Nc1ccc(F)cc1)c1cccc(NC(=O)[C@@H]2[C@@H]3C[C@H]4[C@H]2C(=O)O[C@H]4C3)c1. The van der Waals surface area contributed by atoms with Crippen LogP contribution in [0, 0.1) is 29.5 Å². The lowest BCUT2D eigenvalue weighted by Gasteiger charge is -2.23. The molecule has 0 radical (unpaired) electrons. The number of anilines is 2. The molecule has 6 nitrogen and oxygen atoms in total. The number of nitrogens with one attached hydrogen (secondary N) is 2. The van der Waals surface area contributed by atoms with E-state index in [2.05, 4.69) is 10.6 Å². The molecule has 2 bridgehead atoms. The molecule has 148 valence electrons. The van der Waals surface area contributed by atoms with Crippen molar-refractivity contribution in [2.24, 2.45) is 23.7 Å². The fraction of sp³-hybridized carbons (Fsp3) is 0.318. The second kappa shape index (κ2) is 6.69. The maximum atomic E-state index is 13.0. The largest absolute Gasteiger partial charge is 0.462 e. The van der Waals surface area contributed by atoms with Crippen molar-refractivity contribution < 1.29 is 23.5 Å². The first-order valence-corrected chi connectivity index (χ1v) is 9.68. The Morgan fingerprint density at radius 1 is 1.00 bits per heavy atom. The van der Waals surface area contributed by atoms with Gasteiger partial charge in [0, 0.05) is 22.9 Å². The number of carbonyl (C=O) groups excluding carboxylic acids is 3. The molecule has 2 saturated carbocycles. The first-order chi connectivity index (χ1) is 14.0. The molecule has 0 spiro atoms. The summed E-state index contributed by atoms with van der Waals surface area (Å²) in [5.41, 5.74) is 1.33. The summed E-state index contributed by atoms with van der Waals surface area (Å²) in [6, 6.07) is 12.1. The van der Waals surface area contributed by atoms with Crippen molar-refractivity contribution in [2.45, 2.75) is 18.9 Å². The Morgan fingerprint density at radius 3 is 2.59 bits per heavy atom. The fourth-order valence-electron chi connectivity index (χ4n) is 5.06. The topological polar surface area (TPSA) is 84.5 Å². The molecule has 2 amide bonds. The normalized spacial score (nSPS) is 28.9. The van der Waals surface area contributed by atoms with Gasteiger partial charge in [-0.3, -0.25) is 14.4 Å². The molecule has 0 unspecified atom stereocenters. The van der Waals surface area contributed by atoms with Crippen molar-refractivity contribution in [3.05, 3.63) is 59.9 Å². The van der Waals surface area contributed by atoms with Crippen molar-refractivity contribution >= 4 is 29.2 Å². The van der Waals surface area contributed by atoms with Crippen LogP contribution in [0.4, 0.5) is 15.8 Å². The van der Waals surface area contributed by atoms with Crippen molar-refractivity contribution in [3.8, 4) is 0 Å². The van der Waals surface area contributed by atoms with Crippen molar-refractivity contribution in [1.82, 2.24) is 0 Å². The van der Waals surface area contributed by atoms with Gasteiger partial charge in [0.1, 0.15) is 11.9 Å². The van der Waals surface area contributed by atoms with E-state index in [1.54, 1.807) is 24.3 Å². The number of rotatable bonds is 4. The minimum absolute atomic E-state index is 0.0139. The Bertz CT molecular complexity index is 1000. The maximum Gasteiger partial charge on any atom is 0.310 e. The molecule has 29 heavy (non-hydrogen) atoms. The smallest absolute Gasteiger partial charge is 0.310 e. The van der Waals surface area contributed by atoms with E-state index in [1.807, 2.05) is 0 Å². The highest BCUT2D eigenvalue weighted by Gasteiger charge is 2.63. The standard InChI is InChI=1S/C22H19FN2O4/c23-13-4-6-14(7-5-13)24-20(26)11-2-1-3-15(8-11)25-21(27)18-12-9-16-17(10-12)29-22(28)19(16)18/h1-8,12,16-19H,9-10H2,(H,24,26)(H,25,27)/t12-,16-,17+,18-,19-/m1/s1. The monoisotopic (exact) mass is 394 g/mol. The van der Waals surface area contributed by atoms with E-state index in [4.69, 9.17) is 4.74 Å². The molecule has 2 aliphatic carbocycles. The minimum Gasteiger partial charge on any atom is -0.462 e. The summed E-state index contributed by atoms with van der Waals surface area (Å²) < 4.78 is 18.4. The molecule has 2 aromatic rings. The molecular weight excluding hydrogens is 375 g/mol. The summed E-state index contributed by atoms with van der Waals surface area (Å²) in [7, 11) is 0. The van der Waals surface area contributed by atoms with Gasteiger partial charge in [-0.2, -0.15) is 0 Å². The van der Waals surface area contributed by atoms with E-state index >= 15 is 0 Å². The van der Waals surface area contributed by atoms with Gasteiger partial charge < -0.3 is 15.4 Å². The second-order valence-electron chi connectivity index (χ2n) is 7.95. The van der Waals surface area contributed by atoms with Crippen LogP contribution in [-0.4, -0.2) is 23.9 Å². The van der Waals surface area contributed by atoms with Crippen LogP contribution in [0.1, 0.15) is 23.2 Å².